The second-order valence-electron chi connectivity index (χ2n) is 9.25. The van der Waals surface area contributed by atoms with Gasteiger partial charge in [0.2, 0.25) is 0 Å². The third kappa shape index (κ3) is 5.73. The number of nitrogens with zero attached hydrogens (tertiary/aromatic N) is 2. The maximum Gasteiger partial charge on any atom is 0.416 e. The minimum absolute atomic E-state index is 0.147. The van der Waals surface area contributed by atoms with Gasteiger partial charge in [0.15, 0.2) is 4.80 Å². The summed E-state index contributed by atoms with van der Waals surface area (Å²) in [4.78, 5) is 31.8. The number of aromatic nitrogens is 1. The molecule has 216 valence electrons. The van der Waals surface area contributed by atoms with Crippen molar-refractivity contribution in [1.82, 2.24) is 4.57 Å². The number of furan rings is 1. The fourth-order valence-electron chi connectivity index (χ4n) is 4.57. The summed E-state index contributed by atoms with van der Waals surface area (Å²) in [5, 5.41) is 0. The van der Waals surface area contributed by atoms with Crippen LogP contribution in [0.2, 0.25) is 0 Å². The normalized spacial score (nSPS) is 15.3. The van der Waals surface area contributed by atoms with Crippen LogP contribution in [0.3, 0.4) is 0 Å². The van der Waals surface area contributed by atoms with E-state index in [4.69, 9.17) is 13.9 Å². The van der Waals surface area contributed by atoms with Gasteiger partial charge in [0.05, 0.1) is 34.0 Å². The molecular weight excluding hydrogens is 569 g/mol. The molecule has 42 heavy (non-hydrogen) atoms. The molecule has 0 N–H and O–H groups in total. The van der Waals surface area contributed by atoms with Crippen molar-refractivity contribution in [2.24, 2.45) is 4.99 Å². The van der Waals surface area contributed by atoms with E-state index in [0.717, 1.165) is 23.5 Å². The smallest absolute Gasteiger partial charge is 0.416 e. The maximum atomic E-state index is 13.8. The largest absolute Gasteiger partial charge is 0.490 e. The number of thiazole rings is 1. The van der Waals surface area contributed by atoms with E-state index in [2.05, 4.69) is 11.6 Å². The quantitative estimate of drug-likeness (QED) is 0.195. The minimum Gasteiger partial charge on any atom is -0.490 e. The lowest BCUT2D eigenvalue weighted by Crippen LogP contribution is -2.39. The van der Waals surface area contributed by atoms with Gasteiger partial charge in [0.25, 0.3) is 5.56 Å². The Balaban J connectivity index is 1.58. The molecule has 0 radical (unpaired) electrons. The zero-order chi connectivity index (χ0) is 30.0. The molecule has 1 aliphatic rings. The molecule has 2 aromatic carbocycles. The SMILES string of the molecule is C=CCOc1ccc([C@H]2C(C(=O)OCC)=C(C)N=c3s/c(=C\c4ccc(-c5cccc(C(F)(F)F)c5)o4)c(=O)n32)cc1. The Kier molecular flexibility index (Phi) is 8.04. The number of carbonyl (C=O) groups is 1. The van der Waals surface area contributed by atoms with Gasteiger partial charge in [-0.25, -0.2) is 9.79 Å². The predicted octanol–water partition coefficient (Wildman–Crippen LogP) is 5.64. The number of allylic oxidation sites excluding steroid dienone is 1. The summed E-state index contributed by atoms with van der Waals surface area (Å²) in [5.74, 6) is 0.507. The summed E-state index contributed by atoms with van der Waals surface area (Å²) >= 11 is 1.11. The van der Waals surface area contributed by atoms with E-state index in [1.165, 1.54) is 22.8 Å². The molecule has 0 fully saturated rings. The monoisotopic (exact) mass is 594 g/mol. The third-order valence-corrected chi connectivity index (χ3v) is 7.44. The van der Waals surface area contributed by atoms with Crippen LogP contribution in [0.15, 0.2) is 98.8 Å². The number of halogens is 3. The second-order valence-corrected chi connectivity index (χ2v) is 10.3. The Morgan fingerprint density at radius 1 is 1.17 bits per heavy atom. The summed E-state index contributed by atoms with van der Waals surface area (Å²) in [5.41, 5.74) is 0.349. The molecule has 4 aromatic rings. The van der Waals surface area contributed by atoms with E-state index >= 15 is 0 Å². The molecule has 0 saturated heterocycles. The number of benzene rings is 2. The van der Waals surface area contributed by atoms with E-state index in [0.29, 0.717) is 28.4 Å². The van der Waals surface area contributed by atoms with Gasteiger partial charge < -0.3 is 13.9 Å². The first kappa shape index (κ1) is 28.9. The molecule has 0 spiro atoms. The lowest BCUT2D eigenvalue weighted by molar-refractivity contribution is -0.139. The molecule has 0 bridgehead atoms. The lowest BCUT2D eigenvalue weighted by atomic mass is 9.96. The van der Waals surface area contributed by atoms with Crippen LogP contribution < -0.4 is 19.6 Å². The summed E-state index contributed by atoms with van der Waals surface area (Å²) in [6, 6.07) is 14.1. The van der Waals surface area contributed by atoms with Crippen LogP contribution >= 0.6 is 11.3 Å². The standard InChI is InChI=1S/C31H25F3N2O5S/c1-4-15-40-22-11-9-19(10-12-22)27-26(29(38)39-5-2)18(3)35-30-36(27)28(37)25(42-30)17-23-13-14-24(41-23)20-7-6-8-21(16-20)31(32,33)34/h4,6-14,16-17,27H,1,5,15H2,2-3H3/b25-17-/t27-/m0/s1. The van der Waals surface area contributed by atoms with Gasteiger partial charge in [-0.1, -0.05) is 48.3 Å². The average molecular weight is 595 g/mol. The highest BCUT2D eigenvalue weighted by Gasteiger charge is 2.33. The highest BCUT2D eigenvalue weighted by atomic mass is 32.1. The van der Waals surface area contributed by atoms with Crippen molar-refractivity contribution in [3.63, 3.8) is 0 Å². The number of alkyl halides is 3. The van der Waals surface area contributed by atoms with Crippen molar-refractivity contribution >= 4 is 23.4 Å². The summed E-state index contributed by atoms with van der Waals surface area (Å²) in [7, 11) is 0. The Morgan fingerprint density at radius 2 is 1.93 bits per heavy atom. The van der Waals surface area contributed by atoms with Crippen molar-refractivity contribution in [3.8, 4) is 17.1 Å². The maximum absolute atomic E-state index is 13.8. The zero-order valence-electron chi connectivity index (χ0n) is 22.6. The molecule has 0 unspecified atom stereocenters. The van der Waals surface area contributed by atoms with Crippen molar-refractivity contribution in [3.05, 3.63) is 121 Å². The van der Waals surface area contributed by atoms with Crippen LogP contribution in [-0.2, 0) is 15.7 Å². The molecule has 3 heterocycles. The number of fused-ring (bicyclic) bond motifs is 1. The van der Waals surface area contributed by atoms with E-state index in [1.54, 1.807) is 56.3 Å². The van der Waals surface area contributed by atoms with Crippen molar-refractivity contribution in [1.29, 1.82) is 0 Å². The number of hydrogen-bond donors (Lipinski definition) is 0. The third-order valence-electron chi connectivity index (χ3n) is 6.46. The first-order chi connectivity index (χ1) is 20.1. The number of esters is 1. The van der Waals surface area contributed by atoms with Crippen LogP contribution in [0.5, 0.6) is 5.75 Å². The molecule has 2 aromatic heterocycles. The number of carbonyl (C=O) groups excluding carboxylic acids is 1. The Hall–Kier alpha value is -4.64. The van der Waals surface area contributed by atoms with Gasteiger partial charge in [0.1, 0.15) is 23.9 Å². The fraction of sp³-hybridized carbons (Fsp3) is 0.194. The molecule has 5 rings (SSSR count). The fourth-order valence-corrected chi connectivity index (χ4v) is 5.60. The summed E-state index contributed by atoms with van der Waals surface area (Å²) in [6.45, 7) is 7.49. The topological polar surface area (TPSA) is 83.0 Å². The lowest BCUT2D eigenvalue weighted by Gasteiger charge is -2.24. The van der Waals surface area contributed by atoms with Crippen LogP contribution in [-0.4, -0.2) is 23.8 Å². The van der Waals surface area contributed by atoms with Gasteiger partial charge in [-0.15, -0.1) is 0 Å². The van der Waals surface area contributed by atoms with Crippen LogP contribution in [0.1, 0.15) is 36.8 Å². The molecule has 0 saturated carbocycles. The highest BCUT2D eigenvalue weighted by molar-refractivity contribution is 7.07. The molecular formula is C31H25F3N2O5S. The Bertz CT molecular complexity index is 1860. The van der Waals surface area contributed by atoms with Crippen molar-refractivity contribution < 1.29 is 31.9 Å². The zero-order valence-corrected chi connectivity index (χ0v) is 23.4. The molecule has 1 aliphatic heterocycles. The van der Waals surface area contributed by atoms with Gasteiger partial charge in [-0.05, 0) is 55.8 Å². The second kappa shape index (κ2) is 11.7. The summed E-state index contributed by atoms with van der Waals surface area (Å²) < 4.78 is 57.9. The first-order valence-electron chi connectivity index (χ1n) is 12.9. The van der Waals surface area contributed by atoms with Crippen LogP contribution in [0.4, 0.5) is 13.2 Å². The number of hydrogen-bond acceptors (Lipinski definition) is 7. The molecule has 0 amide bonds. The van der Waals surface area contributed by atoms with E-state index in [9.17, 15) is 22.8 Å². The van der Waals surface area contributed by atoms with Gasteiger partial charge >= 0.3 is 12.1 Å². The van der Waals surface area contributed by atoms with Crippen LogP contribution in [0, 0.1) is 0 Å². The van der Waals surface area contributed by atoms with E-state index < -0.39 is 29.3 Å². The molecule has 0 aliphatic carbocycles. The van der Waals surface area contributed by atoms with Gasteiger partial charge in [-0.3, -0.25) is 9.36 Å². The molecule has 7 nitrogen and oxygen atoms in total. The molecule has 11 heteroatoms. The number of rotatable bonds is 8. The van der Waals surface area contributed by atoms with Crippen molar-refractivity contribution in [2.75, 3.05) is 13.2 Å². The van der Waals surface area contributed by atoms with Crippen molar-refractivity contribution in [2.45, 2.75) is 26.1 Å². The minimum atomic E-state index is -4.49. The van der Waals surface area contributed by atoms with E-state index in [1.807, 2.05) is 0 Å². The average Bonchev–Trinajstić information content (AvgIpc) is 3.55. The first-order valence-corrected chi connectivity index (χ1v) is 13.7. The van der Waals surface area contributed by atoms with Gasteiger partial charge in [0, 0.05) is 11.6 Å². The predicted molar refractivity (Wildman–Crippen MR) is 152 cm³/mol. The Labute approximate surface area is 242 Å². The summed E-state index contributed by atoms with van der Waals surface area (Å²) in [6.07, 6.45) is -1.36. The molecule has 1 atom stereocenters. The van der Waals surface area contributed by atoms with E-state index in [-0.39, 0.29) is 33.8 Å². The highest BCUT2D eigenvalue weighted by Crippen LogP contribution is 2.33. The Morgan fingerprint density at radius 3 is 2.62 bits per heavy atom. The van der Waals surface area contributed by atoms with Gasteiger partial charge in [-0.2, -0.15) is 13.2 Å². The number of ether oxygens (including phenoxy) is 2. The van der Waals surface area contributed by atoms with Crippen LogP contribution in [0.25, 0.3) is 17.4 Å².